The molecule has 2 saturated heterocycles. The van der Waals surface area contributed by atoms with Crippen molar-refractivity contribution in [2.24, 2.45) is 0 Å². The van der Waals surface area contributed by atoms with Crippen molar-refractivity contribution in [2.75, 3.05) is 13.1 Å². The smallest absolute Gasteiger partial charge is 0.251 e. The van der Waals surface area contributed by atoms with Crippen molar-refractivity contribution in [3.63, 3.8) is 0 Å². The van der Waals surface area contributed by atoms with E-state index in [2.05, 4.69) is 20.3 Å². The molecule has 23 heavy (non-hydrogen) atoms. The lowest BCUT2D eigenvalue weighted by Gasteiger charge is -2.32. The summed E-state index contributed by atoms with van der Waals surface area (Å²) in [7, 11) is 0. The average molecular weight is 311 g/mol. The van der Waals surface area contributed by atoms with Crippen LogP contribution in [0, 0.1) is 0 Å². The highest BCUT2D eigenvalue weighted by molar-refractivity contribution is 5.94. The molecule has 2 aromatic rings. The molecule has 2 atom stereocenters. The zero-order valence-corrected chi connectivity index (χ0v) is 13.1. The number of amides is 1. The Morgan fingerprint density at radius 2 is 2.00 bits per heavy atom. The van der Waals surface area contributed by atoms with Gasteiger partial charge in [0.2, 0.25) is 0 Å². The number of benzene rings is 1. The molecule has 0 saturated carbocycles. The molecule has 2 aliphatic heterocycles. The number of rotatable bonds is 3. The Morgan fingerprint density at radius 3 is 2.78 bits per heavy atom. The minimum Gasteiger partial charge on any atom is -0.348 e. The van der Waals surface area contributed by atoms with Crippen LogP contribution < -0.4 is 5.32 Å². The molecule has 3 heterocycles. The summed E-state index contributed by atoms with van der Waals surface area (Å²) >= 11 is 0. The van der Waals surface area contributed by atoms with Gasteiger partial charge in [0.1, 0.15) is 12.7 Å². The summed E-state index contributed by atoms with van der Waals surface area (Å²) in [5.41, 5.74) is 1.60. The van der Waals surface area contributed by atoms with Crippen LogP contribution in [0.1, 0.15) is 36.0 Å². The van der Waals surface area contributed by atoms with Gasteiger partial charge in [-0.1, -0.05) is 6.42 Å². The minimum absolute atomic E-state index is 0.0209. The van der Waals surface area contributed by atoms with Gasteiger partial charge in [0, 0.05) is 24.2 Å². The van der Waals surface area contributed by atoms with E-state index < -0.39 is 0 Å². The van der Waals surface area contributed by atoms with E-state index in [4.69, 9.17) is 0 Å². The monoisotopic (exact) mass is 311 g/mol. The quantitative estimate of drug-likeness (QED) is 0.936. The lowest BCUT2D eigenvalue weighted by Crippen LogP contribution is -2.46. The first-order valence-corrected chi connectivity index (χ1v) is 8.31. The Bertz CT molecular complexity index is 667. The number of hydrogen-bond donors (Lipinski definition) is 1. The van der Waals surface area contributed by atoms with Gasteiger partial charge in [0.15, 0.2) is 0 Å². The zero-order chi connectivity index (χ0) is 15.6. The fourth-order valence-electron chi connectivity index (χ4n) is 3.77. The summed E-state index contributed by atoms with van der Waals surface area (Å²) in [6, 6.07) is 8.30. The van der Waals surface area contributed by atoms with Gasteiger partial charge in [0.05, 0.1) is 5.69 Å². The van der Waals surface area contributed by atoms with Crippen LogP contribution in [0.15, 0.2) is 36.9 Å². The van der Waals surface area contributed by atoms with E-state index in [0.717, 1.165) is 18.7 Å². The SMILES string of the molecule is O=C(N[C@@H]1CCN2CCCC[C@@H]12)c1ccc(-n2cncn2)cc1. The third-order valence-electron chi connectivity index (χ3n) is 4.99. The number of aromatic nitrogens is 3. The maximum absolute atomic E-state index is 12.5. The normalized spacial score (nSPS) is 24.3. The molecule has 0 unspecified atom stereocenters. The maximum Gasteiger partial charge on any atom is 0.251 e. The summed E-state index contributed by atoms with van der Waals surface area (Å²) in [5.74, 6) is 0.0209. The van der Waals surface area contributed by atoms with Crippen molar-refractivity contribution in [2.45, 2.75) is 37.8 Å². The minimum atomic E-state index is 0.0209. The maximum atomic E-state index is 12.5. The van der Waals surface area contributed by atoms with Crippen molar-refractivity contribution in [1.82, 2.24) is 25.0 Å². The van der Waals surface area contributed by atoms with Crippen molar-refractivity contribution >= 4 is 5.91 Å². The van der Waals surface area contributed by atoms with Crippen molar-refractivity contribution in [1.29, 1.82) is 0 Å². The Labute approximate surface area is 135 Å². The number of hydrogen-bond acceptors (Lipinski definition) is 4. The van der Waals surface area contributed by atoms with Crippen molar-refractivity contribution in [3.8, 4) is 5.69 Å². The summed E-state index contributed by atoms with van der Waals surface area (Å²) in [6.45, 7) is 2.30. The van der Waals surface area contributed by atoms with Crippen LogP contribution in [0.3, 0.4) is 0 Å². The summed E-state index contributed by atoms with van der Waals surface area (Å²) < 4.78 is 1.68. The lowest BCUT2D eigenvalue weighted by atomic mass is 9.99. The highest BCUT2D eigenvalue weighted by Crippen LogP contribution is 2.27. The fourth-order valence-corrected chi connectivity index (χ4v) is 3.77. The molecule has 0 bridgehead atoms. The van der Waals surface area contributed by atoms with Crippen molar-refractivity contribution < 1.29 is 4.79 Å². The topological polar surface area (TPSA) is 63.1 Å². The molecule has 1 N–H and O–H groups in total. The number of carbonyl (C=O) groups excluding carboxylic acids is 1. The molecular formula is C17H21N5O. The fraction of sp³-hybridized carbons (Fsp3) is 0.471. The molecule has 1 amide bonds. The number of piperidine rings is 1. The number of nitrogens with zero attached hydrogens (tertiary/aromatic N) is 4. The van der Waals surface area contributed by atoms with E-state index in [-0.39, 0.29) is 11.9 Å². The second-order valence-corrected chi connectivity index (χ2v) is 6.35. The van der Waals surface area contributed by atoms with Gasteiger partial charge in [0.25, 0.3) is 5.91 Å². The lowest BCUT2D eigenvalue weighted by molar-refractivity contribution is 0.0915. The van der Waals surface area contributed by atoms with Gasteiger partial charge in [-0.2, -0.15) is 5.10 Å². The summed E-state index contributed by atoms with van der Waals surface area (Å²) in [6.07, 6.45) is 7.98. The van der Waals surface area contributed by atoms with Gasteiger partial charge in [-0.05, 0) is 50.1 Å². The predicted octanol–water partition coefficient (Wildman–Crippen LogP) is 1.62. The molecule has 0 radical (unpaired) electrons. The Balaban J connectivity index is 1.43. The average Bonchev–Trinajstić information content (AvgIpc) is 3.25. The standard InChI is InChI=1S/C17H21N5O/c23-17(20-15-8-10-21-9-2-1-3-16(15)21)13-4-6-14(7-5-13)22-12-18-11-19-22/h4-7,11-12,15-16H,1-3,8-10H2,(H,20,23)/t15-,16+/m1/s1. The van der Waals surface area contributed by atoms with Crippen LogP contribution >= 0.6 is 0 Å². The molecule has 4 rings (SSSR count). The molecule has 120 valence electrons. The van der Waals surface area contributed by atoms with Gasteiger partial charge in [-0.3, -0.25) is 9.69 Å². The van der Waals surface area contributed by atoms with Crippen LogP contribution in [0.4, 0.5) is 0 Å². The van der Waals surface area contributed by atoms with E-state index in [9.17, 15) is 4.79 Å². The Morgan fingerprint density at radius 1 is 1.13 bits per heavy atom. The third-order valence-corrected chi connectivity index (χ3v) is 4.99. The first kappa shape index (κ1) is 14.4. The number of fused-ring (bicyclic) bond motifs is 1. The largest absolute Gasteiger partial charge is 0.348 e. The molecule has 6 heteroatoms. The van der Waals surface area contributed by atoms with Crippen LogP contribution in [-0.2, 0) is 0 Å². The van der Waals surface area contributed by atoms with E-state index in [1.807, 2.05) is 24.3 Å². The van der Waals surface area contributed by atoms with E-state index >= 15 is 0 Å². The van der Waals surface area contributed by atoms with Crippen LogP contribution in [0.2, 0.25) is 0 Å². The van der Waals surface area contributed by atoms with Crippen LogP contribution in [0.5, 0.6) is 0 Å². The second-order valence-electron chi connectivity index (χ2n) is 6.35. The predicted molar refractivity (Wildman–Crippen MR) is 86.4 cm³/mol. The molecule has 1 aromatic heterocycles. The first-order valence-electron chi connectivity index (χ1n) is 8.31. The van der Waals surface area contributed by atoms with Gasteiger partial charge in [-0.15, -0.1) is 0 Å². The van der Waals surface area contributed by atoms with Crippen LogP contribution in [-0.4, -0.2) is 50.7 Å². The summed E-state index contributed by atoms with van der Waals surface area (Å²) in [4.78, 5) is 19.0. The van der Waals surface area contributed by atoms with E-state index in [1.165, 1.54) is 32.1 Å². The third kappa shape index (κ3) is 2.86. The first-order chi connectivity index (χ1) is 11.3. The Kier molecular flexibility index (Phi) is 3.83. The number of carbonyl (C=O) groups is 1. The molecule has 6 nitrogen and oxygen atoms in total. The molecule has 2 fully saturated rings. The van der Waals surface area contributed by atoms with Gasteiger partial charge < -0.3 is 5.32 Å². The molecule has 0 spiro atoms. The highest BCUT2D eigenvalue weighted by atomic mass is 16.1. The Hall–Kier alpha value is -2.21. The molecule has 1 aromatic carbocycles. The second kappa shape index (κ2) is 6.12. The molecule has 0 aliphatic carbocycles. The van der Waals surface area contributed by atoms with E-state index in [0.29, 0.717) is 11.6 Å². The molecule has 2 aliphatic rings. The molecular weight excluding hydrogens is 290 g/mol. The van der Waals surface area contributed by atoms with Crippen LogP contribution in [0.25, 0.3) is 5.69 Å². The number of nitrogens with one attached hydrogen (secondary N) is 1. The van der Waals surface area contributed by atoms with Crippen molar-refractivity contribution in [3.05, 3.63) is 42.5 Å². The highest BCUT2D eigenvalue weighted by Gasteiger charge is 2.36. The van der Waals surface area contributed by atoms with Gasteiger partial charge in [-0.25, -0.2) is 9.67 Å². The van der Waals surface area contributed by atoms with Gasteiger partial charge >= 0.3 is 0 Å². The zero-order valence-electron chi connectivity index (χ0n) is 13.1. The summed E-state index contributed by atoms with van der Waals surface area (Å²) in [5, 5.41) is 7.32. The van der Waals surface area contributed by atoms with E-state index in [1.54, 1.807) is 11.0 Å².